The maximum atomic E-state index is 2.49. The van der Waals surface area contributed by atoms with Gasteiger partial charge in [0.2, 0.25) is 0 Å². The van der Waals surface area contributed by atoms with Gasteiger partial charge >= 0.3 is 0 Å². The summed E-state index contributed by atoms with van der Waals surface area (Å²) in [4.78, 5) is 0. The van der Waals surface area contributed by atoms with E-state index in [1.807, 2.05) is 0 Å². The molecule has 1 heteroatoms. The maximum Gasteiger partial charge on any atom is 0.0553 e. The van der Waals surface area contributed by atoms with E-state index in [9.17, 15) is 0 Å². The van der Waals surface area contributed by atoms with Crippen molar-refractivity contribution in [3.63, 3.8) is 0 Å². The summed E-state index contributed by atoms with van der Waals surface area (Å²) in [5.41, 5.74) is 11.0. The van der Waals surface area contributed by atoms with Crippen LogP contribution in [0, 0.1) is 0 Å². The van der Waals surface area contributed by atoms with Crippen LogP contribution in [0.1, 0.15) is 0 Å². The summed E-state index contributed by atoms with van der Waals surface area (Å²) in [6.45, 7) is 0. The molecule has 0 aliphatic heterocycles. The molecule has 12 rings (SSSR count). The first-order chi connectivity index (χ1) is 28.3. The number of hydrogen-bond donors (Lipinski definition) is 0. The van der Waals surface area contributed by atoms with Crippen LogP contribution in [-0.2, 0) is 0 Å². The molecule has 1 nitrogen and oxygen atoms in total. The lowest BCUT2D eigenvalue weighted by atomic mass is 9.85. The Balaban J connectivity index is 1.11. The molecule has 0 unspecified atom stereocenters. The Morgan fingerprint density at radius 3 is 1.40 bits per heavy atom. The minimum Gasteiger partial charge on any atom is -0.309 e. The molecule has 0 amide bonds. The SMILES string of the molecule is c1ccc(-c2c3ccccc3c(-c3ccc(-c4cc5c(c6ccccc46)c4c6ccccc6ccc4n5-c4ccc5ccccc5c4)cc3)c3ccccc23)cc1. The van der Waals surface area contributed by atoms with E-state index in [1.165, 1.54) is 115 Å². The van der Waals surface area contributed by atoms with E-state index in [0.717, 1.165) is 0 Å². The fourth-order valence-corrected chi connectivity index (χ4v) is 9.64. The van der Waals surface area contributed by atoms with E-state index in [0.29, 0.717) is 0 Å². The lowest BCUT2D eigenvalue weighted by Crippen LogP contribution is -1.95. The van der Waals surface area contributed by atoms with Gasteiger partial charge in [0.1, 0.15) is 0 Å². The quantitative estimate of drug-likeness (QED) is 0.160. The third kappa shape index (κ3) is 4.83. The fourth-order valence-electron chi connectivity index (χ4n) is 9.64. The van der Waals surface area contributed by atoms with Crippen LogP contribution in [0.25, 0.3) is 115 Å². The molecule has 0 atom stereocenters. The third-order valence-corrected chi connectivity index (χ3v) is 12.1. The topological polar surface area (TPSA) is 4.93 Å². The minimum absolute atomic E-state index is 1.17. The molecule has 0 N–H and O–H groups in total. The second kappa shape index (κ2) is 12.5. The van der Waals surface area contributed by atoms with Gasteiger partial charge in [-0.05, 0) is 112 Å². The average molecular weight is 722 g/mol. The Kier molecular flexibility index (Phi) is 7.00. The summed E-state index contributed by atoms with van der Waals surface area (Å²) in [5, 5.41) is 15.2. The van der Waals surface area contributed by atoms with Gasteiger partial charge in [0, 0.05) is 16.5 Å². The third-order valence-electron chi connectivity index (χ3n) is 12.1. The molecule has 57 heavy (non-hydrogen) atoms. The molecule has 1 aromatic heterocycles. The van der Waals surface area contributed by atoms with Crippen LogP contribution in [-0.4, -0.2) is 4.57 Å². The van der Waals surface area contributed by atoms with Crippen molar-refractivity contribution in [2.24, 2.45) is 0 Å². The molecular weight excluding hydrogens is 687 g/mol. The summed E-state index contributed by atoms with van der Waals surface area (Å²) in [6, 6.07) is 78.3. The van der Waals surface area contributed by atoms with Gasteiger partial charge in [0.25, 0.3) is 0 Å². The molecule has 12 aromatic rings. The summed E-state index contributed by atoms with van der Waals surface area (Å²) >= 11 is 0. The van der Waals surface area contributed by atoms with E-state index in [1.54, 1.807) is 0 Å². The molecule has 0 radical (unpaired) electrons. The minimum atomic E-state index is 1.17. The summed E-state index contributed by atoms with van der Waals surface area (Å²) < 4.78 is 2.49. The molecule has 0 aliphatic carbocycles. The zero-order chi connectivity index (χ0) is 37.5. The van der Waals surface area contributed by atoms with E-state index < -0.39 is 0 Å². The van der Waals surface area contributed by atoms with Crippen molar-refractivity contribution in [2.45, 2.75) is 0 Å². The standard InChI is InChI=1S/C56H35N/c1-2-16-39(17-3-1)53-46-22-10-12-24-48(46)54(49-25-13-11-23-47(49)53)40-28-26-38(27-29-40)50-35-52-56(45-21-9-8-20-44(45)50)55-43-19-7-6-15-37(43)31-33-51(55)57(52)42-32-30-36-14-4-5-18-41(36)34-42/h1-35H. The second-order valence-corrected chi connectivity index (χ2v) is 15.2. The van der Waals surface area contributed by atoms with Gasteiger partial charge < -0.3 is 4.57 Å². The Labute approximate surface area is 330 Å². The van der Waals surface area contributed by atoms with Crippen molar-refractivity contribution in [3.8, 4) is 39.1 Å². The lowest BCUT2D eigenvalue weighted by molar-refractivity contribution is 1.19. The van der Waals surface area contributed by atoms with Crippen LogP contribution in [0.2, 0.25) is 0 Å². The van der Waals surface area contributed by atoms with Crippen molar-refractivity contribution in [1.82, 2.24) is 4.57 Å². The maximum absolute atomic E-state index is 2.49. The van der Waals surface area contributed by atoms with Crippen molar-refractivity contribution >= 4 is 75.7 Å². The van der Waals surface area contributed by atoms with Crippen LogP contribution < -0.4 is 0 Å². The Morgan fingerprint density at radius 1 is 0.263 bits per heavy atom. The van der Waals surface area contributed by atoms with Crippen LogP contribution in [0.4, 0.5) is 0 Å². The predicted octanol–water partition coefficient (Wildman–Crippen LogP) is 15.6. The number of benzene rings is 11. The number of aromatic nitrogens is 1. The second-order valence-electron chi connectivity index (χ2n) is 15.2. The zero-order valence-corrected chi connectivity index (χ0v) is 31.2. The van der Waals surface area contributed by atoms with Gasteiger partial charge in [0.15, 0.2) is 0 Å². The highest BCUT2D eigenvalue weighted by Crippen LogP contribution is 2.46. The van der Waals surface area contributed by atoms with E-state index in [4.69, 9.17) is 0 Å². The molecule has 264 valence electrons. The van der Waals surface area contributed by atoms with Gasteiger partial charge in [0.05, 0.1) is 11.0 Å². The van der Waals surface area contributed by atoms with Gasteiger partial charge in [-0.25, -0.2) is 0 Å². The molecule has 1 heterocycles. The van der Waals surface area contributed by atoms with E-state index >= 15 is 0 Å². The summed E-state index contributed by atoms with van der Waals surface area (Å²) in [5.74, 6) is 0. The zero-order valence-electron chi connectivity index (χ0n) is 31.2. The molecular formula is C56H35N. The van der Waals surface area contributed by atoms with Gasteiger partial charge in [-0.15, -0.1) is 0 Å². The summed E-state index contributed by atoms with van der Waals surface area (Å²) in [7, 11) is 0. The van der Waals surface area contributed by atoms with Crippen molar-refractivity contribution < 1.29 is 0 Å². The molecule has 0 saturated carbocycles. The van der Waals surface area contributed by atoms with Crippen LogP contribution in [0.15, 0.2) is 212 Å². The lowest BCUT2D eigenvalue weighted by Gasteiger charge is -2.18. The average Bonchev–Trinajstić information content (AvgIpc) is 3.63. The van der Waals surface area contributed by atoms with Crippen LogP contribution in [0.5, 0.6) is 0 Å². The number of hydrogen-bond acceptors (Lipinski definition) is 0. The van der Waals surface area contributed by atoms with Crippen molar-refractivity contribution in [1.29, 1.82) is 0 Å². The number of fused-ring (bicyclic) bond motifs is 10. The smallest absolute Gasteiger partial charge is 0.0553 e. The normalized spacial score (nSPS) is 11.9. The molecule has 0 bridgehead atoms. The first-order valence-corrected chi connectivity index (χ1v) is 19.8. The van der Waals surface area contributed by atoms with Crippen molar-refractivity contribution in [3.05, 3.63) is 212 Å². The van der Waals surface area contributed by atoms with Gasteiger partial charge in [-0.1, -0.05) is 188 Å². The summed E-state index contributed by atoms with van der Waals surface area (Å²) in [6.07, 6.45) is 0. The molecule has 0 aliphatic rings. The largest absolute Gasteiger partial charge is 0.309 e. The van der Waals surface area contributed by atoms with Gasteiger partial charge in [-0.3, -0.25) is 0 Å². The Hall–Kier alpha value is -7.48. The monoisotopic (exact) mass is 721 g/mol. The van der Waals surface area contributed by atoms with Crippen molar-refractivity contribution in [2.75, 3.05) is 0 Å². The highest BCUT2D eigenvalue weighted by atomic mass is 15.0. The number of rotatable bonds is 4. The fraction of sp³-hybridized carbons (Fsp3) is 0. The molecule has 0 spiro atoms. The predicted molar refractivity (Wildman–Crippen MR) is 245 cm³/mol. The Bertz CT molecular complexity index is 3500. The molecule has 11 aromatic carbocycles. The highest BCUT2D eigenvalue weighted by Gasteiger charge is 2.21. The van der Waals surface area contributed by atoms with Crippen LogP contribution in [0.3, 0.4) is 0 Å². The first-order valence-electron chi connectivity index (χ1n) is 19.8. The molecule has 0 fully saturated rings. The molecule has 0 saturated heterocycles. The first kappa shape index (κ1) is 31.8. The Morgan fingerprint density at radius 2 is 0.737 bits per heavy atom. The van der Waals surface area contributed by atoms with Crippen LogP contribution >= 0.6 is 0 Å². The number of nitrogens with zero attached hydrogens (tertiary/aromatic N) is 1. The highest BCUT2D eigenvalue weighted by molar-refractivity contribution is 6.30. The van der Waals surface area contributed by atoms with E-state index in [-0.39, 0.29) is 0 Å². The van der Waals surface area contributed by atoms with E-state index in [2.05, 4.69) is 217 Å². The van der Waals surface area contributed by atoms with Gasteiger partial charge in [-0.2, -0.15) is 0 Å².